The van der Waals surface area contributed by atoms with E-state index in [0.717, 1.165) is 6.07 Å². The second-order valence-electron chi connectivity index (χ2n) is 1.41. The molecule has 5 heteroatoms. The summed E-state index contributed by atoms with van der Waals surface area (Å²) in [5.74, 6) is -0.271. The molecule has 1 radical (unpaired) electrons. The first-order valence-electron chi connectivity index (χ1n) is 2.16. The zero-order valence-corrected chi connectivity index (χ0v) is 6.00. The van der Waals surface area contributed by atoms with E-state index in [1.807, 2.05) is 0 Å². The Bertz CT molecular complexity index is 246. The molecule has 0 saturated heterocycles. The molecule has 1 aromatic heterocycles. The van der Waals surface area contributed by atoms with E-state index in [-0.39, 0.29) is 11.4 Å². The predicted molar refractivity (Wildman–Crippen MR) is 31.9 cm³/mol. The van der Waals surface area contributed by atoms with Crippen LogP contribution >= 0.6 is 0 Å². The summed E-state index contributed by atoms with van der Waals surface area (Å²) in [4.78, 5) is 16.2. The van der Waals surface area contributed by atoms with Crippen molar-refractivity contribution in [2.45, 2.75) is 0 Å². The van der Waals surface area contributed by atoms with Crippen LogP contribution in [0.15, 0.2) is 10.9 Å². The van der Waals surface area contributed by atoms with Crippen LogP contribution in [0.2, 0.25) is 0 Å². The van der Waals surface area contributed by atoms with E-state index in [2.05, 4.69) is 26.0 Å². The molecule has 0 aromatic carbocycles. The van der Waals surface area contributed by atoms with Crippen molar-refractivity contribution in [3.05, 3.63) is 16.4 Å². The molecule has 2 N–H and O–H groups in total. The molecule has 0 aliphatic heterocycles. The van der Waals surface area contributed by atoms with Crippen LogP contribution < -0.4 is 10.3 Å². The predicted octanol–water partition coefficient (Wildman–Crippen LogP) is -1.73. The van der Waals surface area contributed by atoms with Crippen LogP contribution in [0.5, 0.6) is 5.88 Å². The van der Waals surface area contributed by atoms with Gasteiger partial charge in [0.15, 0.2) is 0 Å². The molecule has 4 nitrogen and oxygen atoms in total. The molecule has 1 rings (SSSR count). The summed E-state index contributed by atoms with van der Waals surface area (Å²) in [5, 5.41) is 8.64. The average molecular weight is 190 g/mol. The third-order valence-electron chi connectivity index (χ3n) is 0.706. The van der Waals surface area contributed by atoms with Crippen LogP contribution in [0.4, 0.5) is 0 Å². The molecule has 9 heavy (non-hydrogen) atoms. The van der Waals surface area contributed by atoms with Gasteiger partial charge < -0.3 is 0 Å². The summed E-state index contributed by atoms with van der Waals surface area (Å²) in [5.41, 5.74) is -0.365. The standard InChI is InChI=1S/C4H3N2O2Se/c7-2-1-3(8)6-4(9)5-2/h1H,(H2,5,6,7,8). The van der Waals surface area contributed by atoms with Crippen molar-refractivity contribution in [3.8, 4) is 5.88 Å². The number of nitrogens with one attached hydrogen (secondary N) is 1. The summed E-state index contributed by atoms with van der Waals surface area (Å²) in [6, 6.07) is 1.00. The molecular formula is C4H3N2O2Se. The number of aromatic nitrogens is 2. The van der Waals surface area contributed by atoms with Crippen molar-refractivity contribution in [3.63, 3.8) is 0 Å². The number of H-pyrrole nitrogens is 1. The Labute approximate surface area is 58.8 Å². The van der Waals surface area contributed by atoms with Gasteiger partial charge >= 0.3 is 58.1 Å². The first-order valence-corrected chi connectivity index (χ1v) is 3.01. The molecule has 0 aliphatic carbocycles. The molecule has 0 aliphatic rings. The summed E-state index contributed by atoms with van der Waals surface area (Å²) in [6.07, 6.45) is 0. The number of hydrogen-bond donors (Lipinski definition) is 2. The average Bonchev–Trinajstić information content (AvgIpc) is 1.59. The fourth-order valence-electron chi connectivity index (χ4n) is 0.423. The molecule has 0 bridgehead atoms. The van der Waals surface area contributed by atoms with Gasteiger partial charge in [-0.2, -0.15) is 0 Å². The van der Waals surface area contributed by atoms with Gasteiger partial charge in [-0.05, 0) is 0 Å². The van der Waals surface area contributed by atoms with Gasteiger partial charge in [-0.25, -0.2) is 0 Å². The Balaban J connectivity index is 3.33. The molecular weight excluding hydrogens is 187 g/mol. The molecule has 0 unspecified atom stereocenters. The Morgan fingerprint density at radius 2 is 2.44 bits per heavy atom. The summed E-state index contributed by atoms with van der Waals surface area (Å²) < 4.78 is 0.292. The zero-order valence-electron chi connectivity index (χ0n) is 4.29. The number of aromatic amines is 1. The van der Waals surface area contributed by atoms with Crippen molar-refractivity contribution < 1.29 is 5.11 Å². The summed E-state index contributed by atoms with van der Waals surface area (Å²) in [7, 11) is 0. The van der Waals surface area contributed by atoms with Gasteiger partial charge in [0.25, 0.3) is 0 Å². The first kappa shape index (κ1) is 6.32. The van der Waals surface area contributed by atoms with Gasteiger partial charge in [-0.1, -0.05) is 0 Å². The van der Waals surface area contributed by atoms with E-state index in [0.29, 0.717) is 4.72 Å². The van der Waals surface area contributed by atoms with Gasteiger partial charge in [-0.15, -0.1) is 0 Å². The Kier molecular flexibility index (Phi) is 1.55. The molecule has 0 saturated carbocycles. The van der Waals surface area contributed by atoms with Crippen molar-refractivity contribution in [1.29, 1.82) is 0 Å². The van der Waals surface area contributed by atoms with Gasteiger partial charge in [0.05, 0.1) is 0 Å². The number of nitrogens with zero attached hydrogens (tertiary/aromatic N) is 1. The van der Waals surface area contributed by atoms with Crippen LogP contribution in [-0.4, -0.2) is 31.1 Å². The van der Waals surface area contributed by atoms with E-state index in [9.17, 15) is 4.79 Å². The van der Waals surface area contributed by atoms with Crippen LogP contribution in [0.1, 0.15) is 0 Å². The van der Waals surface area contributed by atoms with Crippen LogP contribution in [0.25, 0.3) is 0 Å². The maximum atomic E-state index is 10.4. The monoisotopic (exact) mass is 191 g/mol. The van der Waals surface area contributed by atoms with Crippen LogP contribution in [0.3, 0.4) is 0 Å². The number of hydrogen-bond acceptors (Lipinski definition) is 3. The minimum atomic E-state index is -0.365. The topological polar surface area (TPSA) is 66.0 Å². The van der Waals surface area contributed by atoms with Crippen molar-refractivity contribution in [2.24, 2.45) is 0 Å². The molecule has 0 spiro atoms. The van der Waals surface area contributed by atoms with Gasteiger partial charge in [-0.3, -0.25) is 0 Å². The molecule has 0 atom stereocenters. The number of rotatable bonds is 0. The van der Waals surface area contributed by atoms with Crippen molar-refractivity contribution in [2.75, 3.05) is 0 Å². The van der Waals surface area contributed by atoms with E-state index in [1.165, 1.54) is 0 Å². The Morgan fingerprint density at radius 1 is 1.78 bits per heavy atom. The second kappa shape index (κ2) is 2.21. The molecule has 0 amide bonds. The van der Waals surface area contributed by atoms with Crippen LogP contribution in [-0.2, 0) is 0 Å². The van der Waals surface area contributed by atoms with E-state index in [4.69, 9.17) is 5.11 Å². The Morgan fingerprint density at radius 3 is 2.89 bits per heavy atom. The van der Waals surface area contributed by atoms with Gasteiger partial charge in [0.2, 0.25) is 0 Å². The minimum absolute atomic E-state index is 0.271. The summed E-state index contributed by atoms with van der Waals surface area (Å²) >= 11 is 2.46. The Hall–Kier alpha value is -0.801. The molecule has 0 fully saturated rings. The van der Waals surface area contributed by atoms with Crippen molar-refractivity contribution in [1.82, 2.24) is 9.97 Å². The van der Waals surface area contributed by atoms with Gasteiger partial charge in [0.1, 0.15) is 0 Å². The first-order chi connectivity index (χ1) is 4.18. The third kappa shape index (κ3) is 1.55. The summed E-state index contributed by atoms with van der Waals surface area (Å²) in [6.45, 7) is 0. The van der Waals surface area contributed by atoms with Gasteiger partial charge in [0, 0.05) is 0 Å². The van der Waals surface area contributed by atoms with Crippen molar-refractivity contribution >= 4 is 20.7 Å². The second-order valence-corrected chi connectivity index (χ2v) is 2.22. The fraction of sp³-hybridized carbons (Fsp3) is 0. The number of aromatic hydroxyl groups is 1. The van der Waals surface area contributed by atoms with E-state index < -0.39 is 0 Å². The SMILES string of the molecule is O=c1cc(O)nc([Se])[nH]1. The van der Waals surface area contributed by atoms with E-state index >= 15 is 0 Å². The normalized spacial score (nSPS) is 9.33. The zero-order chi connectivity index (χ0) is 6.85. The molecule has 1 aromatic rings. The quantitative estimate of drug-likeness (QED) is 0.477. The third-order valence-corrected chi connectivity index (χ3v) is 1.11. The molecule has 1 heterocycles. The fourth-order valence-corrected chi connectivity index (χ4v) is 0.830. The van der Waals surface area contributed by atoms with Crippen LogP contribution in [0, 0.1) is 0 Å². The maximum absolute atomic E-state index is 10.4. The van der Waals surface area contributed by atoms with E-state index in [1.54, 1.807) is 0 Å². The molecule has 47 valence electrons.